The molecule has 0 aromatic rings. The quantitative estimate of drug-likeness (QED) is 0.655. The first-order chi connectivity index (χ1) is 7.79. The maximum absolute atomic E-state index is 11.6. The minimum Gasteiger partial charge on any atom is -0.354 e. The molecule has 2 amide bonds. The van der Waals surface area contributed by atoms with E-state index in [1.807, 2.05) is 20.8 Å². The van der Waals surface area contributed by atoms with Crippen LogP contribution >= 0.6 is 0 Å². The third-order valence-corrected chi connectivity index (χ3v) is 3.15. The summed E-state index contributed by atoms with van der Waals surface area (Å²) in [5.41, 5.74) is 5.86. The van der Waals surface area contributed by atoms with E-state index in [1.54, 1.807) is 0 Å². The molecule has 1 aliphatic rings. The standard InChI is InChI=1S/C12H23N3O2/c1-12(2,3)9(13)6-11(17)14-7-8-4-5-10(16)15-8/h8-9H,4-7,13H2,1-3H3,(H,14,17)(H,15,16). The van der Waals surface area contributed by atoms with Gasteiger partial charge in [-0.3, -0.25) is 9.59 Å². The van der Waals surface area contributed by atoms with Gasteiger partial charge in [-0.1, -0.05) is 20.8 Å². The Morgan fingerprint density at radius 2 is 2.24 bits per heavy atom. The summed E-state index contributed by atoms with van der Waals surface area (Å²) < 4.78 is 0. The zero-order chi connectivity index (χ0) is 13.1. The van der Waals surface area contributed by atoms with Crippen LogP contribution in [0, 0.1) is 5.41 Å². The molecule has 5 heteroatoms. The lowest BCUT2D eigenvalue weighted by molar-refractivity contribution is -0.122. The second-order valence-electron chi connectivity index (χ2n) is 5.78. The first kappa shape index (κ1) is 14.0. The zero-order valence-corrected chi connectivity index (χ0v) is 10.9. The molecule has 0 spiro atoms. The number of carbonyl (C=O) groups excluding carboxylic acids is 2. The highest BCUT2D eigenvalue weighted by molar-refractivity contribution is 5.79. The summed E-state index contributed by atoms with van der Waals surface area (Å²) >= 11 is 0. The molecule has 17 heavy (non-hydrogen) atoms. The van der Waals surface area contributed by atoms with Gasteiger partial charge in [0, 0.05) is 31.5 Å². The van der Waals surface area contributed by atoms with Crippen molar-refractivity contribution < 1.29 is 9.59 Å². The number of nitrogens with two attached hydrogens (primary N) is 1. The van der Waals surface area contributed by atoms with Crippen LogP contribution in [-0.4, -0.2) is 30.4 Å². The number of hydrogen-bond donors (Lipinski definition) is 3. The number of hydrogen-bond acceptors (Lipinski definition) is 3. The van der Waals surface area contributed by atoms with Crippen molar-refractivity contribution in [2.24, 2.45) is 11.1 Å². The lowest BCUT2D eigenvalue weighted by atomic mass is 9.85. The Labute approximate surface area is 103 Å². The largest absolute Gasteiger partial charge is 0.354 e. The molecule has 0 aliphatic carbocycles. The number of nitrogens with one attached hydrogen (secondary N) is 2. The van der Waals surface area contributed by atoms with Crippen molar-refractivity contribution in [1.29, 1.82) is 0 Å². The van der Waals surface area contributed by atoms with E-state index in [-0.39, 0.29) is 29.3 Å². The highest BCUT2D eigenvalue weighted by Gasteiger charge is 2.24. The van der Waals surface area contributed by atoms with E-state index in [2.05, 4.69) is 10.6 Å². The fourth-order valence-corrected chi connectivity index (χ4v) is 1.65. The molecule has 5 nitrogen and oxygen atoms in total. The third kappa shape index (κ3) is 4.73. The van der Waals surface area contributed by atoms with E-state index in [0.29, 0.717) is 19.4 Å². The van der Waals surface area contributed by atoms with Gasteiger partial charge in [-0.15, -0.1) is 0 Å². The molecular weight excluding hydrogens is 218 g/mol. The second-order valence-corrected chi connectivity index (χ2v) is 5.78. The van der Waals surface area contributed by atoms with Gasteiger partial charge in [0.1, 0.15) is 0 Å². The first-order valence-electron chi connectivity index (χ1n) is 6.10. The van der Waals surface area contributed by atoms with E-state index in [0.717, 1.165) is 6.42 Å². The van der Waals surface area contributed by atoms with Crippen molar-refractivity contribution in [1.82, 2.24) is 10.6 Å². The van der Waals surface area contributed by atoms with Crippen molar-refractivity contribution in [3.8, 4) is 0 Å². The van der Waals surface area contributed by atoms with Crippen LogP contribution < -0.4 is 16.4 Å². The van der Waals surface area contributed by atoms with Gasteiger partial charge in [-0.25, -0.2) is 0 Å². The molecule has 1 fully saturated rings. The highest BCUT2D eigenvalue weighted by Crippen LogP contribution is 2.19. The zero-order valence-electron chi connectivity index (χ0n) is 10.9. The summed E-state index contributed by atoms with van der Waals surface area (Å²) in [5.74, 6) is 0.0178. The minimum atomic E-state index is -0.152. The Morgan fingerprint density at radius 3 is 2.71 bits per heavy atom. The Hall–Kier alpha value is -1.10. The molecule has 98 valence electrons. The molecule has 0 saturated carbocycles. The van der Waals surface area contributed by atoms with Gasteiger partial charge in [-0.05, 0) is 11.8 Å². The summed E-state index contributed by atoms with van der Waals surface area (Å²) in [6.45, 7) is 6.55. The summed E-state index contributed by atoms with van der Waals surface area (Å²) in [5, 5.41) is 5.62. The van der Waals surface area contributed by atoms with Gasteiger partial charge in [0.15, 0.2) is 0 Å². The van der Waals surface area contributed by atoms with E-state index in [9.17, 15) is 9.59 Å². The summed E-state index contributed by atoms with van der Waals surface area (Å²) in [4.78, 5) is 22.6. The van der Waals surface area contributed by atoms with Crippen molar-refractivity contribution >= 4 is 11.8 Å². The number of carbonyl (C=O) groups is 2. The molecule has 1 aliphatic heterocycles. The fraction of sp³-hybridized carbons (Fsp3) is 0.833. The molecule has 1 saturated heterocycles. The van der Waals surface area contributed by atoms with Crippen LogP contribution in [0.1, 0.15) is 40.0 Å². The van der Waals surface area contributed by atoms with E-state index >= 15 is 0 Å². The van der Waals surface area contributed by atoms with E-state index in [1.165, 1.54) is 0 Å². The Morgan fingerprint density at radius 1 is 1.59 bits per heavy atom. The van der Waals surface area contributed by atoms with Crippen LogP contribution in [0.5, 0.6) is 0 Å². The monoisotopic (exact) mass is 241 g/mol. The average Bonchev–Trinajstić information content (AvgIpc) is 2.60. The molecule has 0 aromatic heterocycles. The second kappa shape index (κ2) is 5.49. The molecule has 1 heterocycles. The van der Waals surface area contributed by atoms with Gasteiger partial charge >= 0.3 is 0 Å². The number of amides is 2. The van der Waals surface area contributed by atoms with Gasteiger partial charge in [0.2, 0.25) is 11.8 Å². The molecule has 2 atom stereocenters. The van der Waals surface area contributed by atoms with Crippen LogP contribution in [0.3, 0.4) is 0 Å². The number of rotatable bonds is 4. The van der Waals surface area contributed by atoms with Crippen molar-refractivity contribution in [2.75, 3.05) is 6.54 Å². The maximum atomic E-state index is 11.6. The molecule has 1 rings (SSSR count). The SMILES string of the molecule is CC(C)(C)C(N)CC(=O)NCC1CCC(=O)N1. The Kier molecular flexibility index (Phi) is 4.51. The fourth-order valence-electron chi connectivity index (χ4n) is 1.65. The summed E-state index contributed by atoms with van der Waals surface area (Å²) in [7, 11) is 0. The first-order valence-corrected chi connectivity index (χ1v) is 6.10. The van der Waals surface area contributed by atoms with Crippen molar-refractivity contribution in [3.63, 3.8) is 0 Å². The lowest BCUT2D eigenvalue weighted by Gasteiger charge is -2.26. The molecular formula is C12H23N3O2. The van der Waals surface area contributed by atoms with Crippen LogP contribution in [0.4, 0.5) is 0 Å². The molecule has 2 unspecified atom stereocenters. The van der Waals surface area contributed by atoms with Gasteiger partial charge in [0.25, 0.3) is 0 Å². The maximum Gasteiger partial charge on any atom is 0.221 e. The van der Waals surface area contributed by atoms with Crippen LogP contribution in [0.2, 0.25) is 0 Å². The minimum absolute atomic E-state index is 0.0476. The van der Waals surface area contributed by atoms with Gasteiger partial charge < -0.3 is 16.4 Å². The molecule has 0 bridgehead atoms. The van der Waals surface area contributed by atoms with Gasteiger partial charge in [-0.2, -0.15) is 0 Å². The summed E-state index contributed by atoms with van der Waals surface area (Å²) in [6, 6.07) is -0.0713. The normalized spacial score (nSPS) is 22.1. The molecule has 0 radical (unpaired) electrons. The van der Waals surface area contributed by atoms with Crippen molar-refractivity contribution in [3.05, 3.63) is 0 Å². The predicted octanol–water partition coefficient (Wildman–Crippen LogP) is 0.145. The van der Waals surface area contributed by atoms with E-state index < -0.39 is 0 Å². The van der Waals surface area contributed by atoms with Gasteiger partial charge in [0.05, 0.1) is 0 Å². The Balaban J connectivity index is 2.24. The van der Waals surface area contributed by atoms with E-state index in [4.69, 9.17) is 5.73 Å². The van der Waals surface area contributed by atoms with Crippen LogP contribution in [0.15, 0.2) is 0 Å². The Bertz CT molecular complexity index is 297. The highest BCUT2D eigenvalue weighted by atomic mass is 16.2. The van der Waals surface area contributed by atoms with Crippen LogP contribution in [-0.2, 0) is 9.59 Å². The third-order valence-electron chi connectivity index (χ3n) is 3.15. The average molecular weight is 241 g/mol. The topological polar surface area (TPSA) is 84.2 Å². The molecule has 4 N–H and O–H groups in total. The summed E-state index contributed by atoms with van der Waals surface area (Å²) in [6.07, 6.45) is 1.68. The smallest absolute Gasteiger partial charge is 0.221 e. The lowest BCUT2D eigenvalue weighted by Crippen LogP contribution is -2.43. The van der Waals surface area contributed by atoms with Crippen LogP contribution in [0.25, 0.3) is 0 Å². The predicted molar refractivity (Wildman–Crippen MR) is 66.2 cm³/mol. The molecule has 0 aromatic carbocycles. The van der Waals surface area contributed by atoms with Crippen molar-refractivity contribution in [2.45, 2.75) is 52.1 Å².